The predicted octanol–water partition coefficient (Wildman–Crippen LogP) is 4.22. The lowest BCUT2D eigenvalue weighted by molar-refractivity contribution is -0.134. The molecule has 0 saturated heterocycles. The number of amides is 2. The minimum Gasteiger partial charge on any atom is -0.493 e. The number of nitrogens with zero attached hydrogens (tertiary/aromatic N) is 1. The van der Waals surface area contributed by atoms with E-state index in [-0.39, 0.29) is 30.9 Å². The van der Waals surface area contributed by atoms with E-state index >= 15 is 0 Å². The maximum Gasteiger partial charge on any atom is 0.260 e. The maximum atomic E-state index is 12.7. The predicted molar refractivity (Wildman–Crippen MR) is 117 cm³/mol. The Kier molecular flexibility index (Phi) is 7.33. The fourth-order valence-electron chi connectivity index (χ4n) is 3.25. The molecule has 0 radical (unpaired) electrons. The van der Waals surface area contributed by atoms with Crippen molar-refractivity contribution >= 4 is 17.5 Å². The Balaban J connectivity index is 1.50. The van der Waals surface area contributed by atoms with Crippen LogP contribution in [0.5, 0.6) is 11.5 Å². The van der Waals surface area contributed by atoms with E-state index in [1.165, 1.54) is 5.56 Å². The number of hydrogen-bond acceptors (Lipinski definition) is 4. The van der Waals surface area contributed by atoms with Gasteiger partial charge in [0.25, 0.3) is 5.91 Å². The van der Waals surface area contributed by atoms with E-state index in [9.17, 15) is 9.59 Å². The van der Waals surface area contributed by atoms with Gasteiger partial charge in [0.05, 0.1) is 7.11 Å². The van der Waals surface area contributed by atoms with Crippen molar-refractivity contribution in [3.63, 3.8) is 0 Å². The third-order valence-corrected chi connectivity index (χ3v) is 5.17. The number of methoxy groups -OCH3 is 1. The van der Waals surface area contributed by atoms with Crippen LogP contribution in [0.3, 0.4) is 0 Å². The summed E-state index contributed by atoms with van der Waals surface area (Å²) in [5.74, 6) is 1.36. The van der Waals surface area contributed by atoms with Gasteiger partial charge in [0.15, 0.2) is 18.1 Å². The molecule has 160 valence electrons. The normalized spacial score (nSPS) is 13.1. The van der Waals surface area contributed by atoms with Crippen molar-refractivity contribution in [2.45, 2.75) is 45.1 Å². The SMILES string of the molecule is COc1ccccc1OCC(=O)N(CCC(=O)Nc1ccc(C(C)C)cc1)C1CC1. The van der Waals surface area contributed by atoms with E-state index in [1.807, 2.05) is 36.4 Å². The van der Waals surface area contributed by atoms with Crippen LogP contribution in [0.2, 0.25) is 0 Å². The molecule has 1 N–H and O–H groups in total. The van der Waals surface area contributed by atoms with Crippen LogP contribution in [0.15, 0.2) is 48.5 Å². The highest BCUT2D eigenvalue weighted by molar-refractivity contribution is 5.91. The molecule has 6 heteroatoms. The van der Waals surface area contributed by atoms with Crippen molar-refractivity contribution in [3.8, 4) is 11.5 Å². The molecule has 0 spiro atoms. The van der Waals surface area contributed by atoms with Crippen LogP contribution in [-0.2, 0) is 9.59 Å². The minimum atomic E-state index is -0.113. The highest BCUT2D eigenvalue weighted by atomic mass is 16.5. The van der Waals surface area contributed by atoms with Gasteiger partial charge in [-0.1, -0.05) is 38.1 Å². The Labute approximate surface area is 178 Å². The molecule has 1 fully saturated rings. The monoisotopic (exact) mass is 410 g/mol. The Hall–Kier alpha value is -3.02. The molecule has 30 heavy (non-hydrogen) atoms. The van der Waals surface area contributed by atoms with Gasteiger partial charge >= 0.3 is 0 Å². The van der Waals surface area contributed by atoms with Crippen LogP contribution in [0.25, 0.3) is 0 Å². The summed E-state index contributed by atoms with van der Waals surface area (Å²) in [6, 6.07) is 15.3. The topological polar surface area (TPSA) is 67.9 Å². The average molecular weight is 411 g/mol. The number of hydrogen-bond donors (Lipinski definition) is 1. The van der Waals surface area contributed by atoms with Crippen molar-refractivity contribution < 1.29 is 19.1 Å². The maximum absolute atomic E-state index is 12.7. The summed E-state index contributed by atoms with van der Waals surface area (Å²) < 4.78 is 10.9. The number of anilines is 1. The molecule has 1 saturated carbocycles. The van der Waals surface area contributed by atoms with Crippen LogP contribution in [0.4, 0.5) is 5.69 Å². The molecule has 0 aromatic heterocycles. The smallest absolute Gasteiger partial charge is 0.260 e. The number of para-hydroxylation sites is 2. The molecule has 1 aliphatic rings. The zero-order valence-corrected chi connectivity index (χ0v) is 17.9. The Bertz CT molecular complexity index is 860. The molecule has 0 unspecified atom stereocenters. The van der Waals surface area contributed by atoms with Gasteiger partial charge in [-0.2, -0.15) is 0 Å². The third kappa shape index (κ3) is 5.99. The van der Waals surface area contributed by atoms with Crippen molar-refractivity contribution in [3.05, 3.63) is 54.1 Å². The molecular weight excluding hydrogens is 380 g/mol. The molecular formula is C24H30N2O4. The fourth-order valence-corrected chi connectivity index (χ4v) is 3.25. The summed E-state index contributed by atoms with van der Waals surface area (Å²) in [5, 5.41) is 2.91. The highest BCUT2D eigenvalue weighted by Gasteiger charge is 2.32. The summed E-state index contributed by atoms with van der Waals surface area (Å²) in [4.78, 5) is 26.8. The second kappa shape index (κ2) is 10.1. The van der Waals surface area contributed by atoms with Crippen molar-refractivity contribution in [2.24, 2.45) is 0 Å². The summed E-state index contributed by atoms with van der Waals surface area (Å²) in [7, 11) is 1.56. The second-order valence-corrected chi connectivity index (χ2v) is 7.83. The van der Waals surface area contributed by atoms with E-state index in [0.717, 1.165) is 18.5 Å². The molecule has 0 atom stereocenters. The van der Waals surface area contributed by atoms with Gasteiger partial charge in [-0.3, -0.25) is 9.59 Å². The molecule has 1 aliphatic carbocycles. The first-order chi connectivity index (χ1) is 14.5. The van der Waals surface area contributed by atoms with Gasteiger partial charge in [-0.15, -0.1) is 0 Å². The van der Waals surface area contributed by atoms with Gasteiger partial charge < -0.3 is 19.7 Å². The van der Waals surface area contributed by atoms with Gasteiger partial charge in [-0.05, 0) is 48.6 Å². The number of benzene rings is 2. The number of nitrogens with one attached hydrogen (secondary N) is 1. The second-order valence-electron chi connectivity index (χ2n) is 7.83. The van der Waals surface area contributed by atoms with Crippen LogP contribution in [0, 0.1) is 0 Å². The molecule has 0 aliphatic heterocycles. The first kappa shape index (κ1) is 21.7. The molecule has 2 aromatic carbocycles. The lowest BCUT2D eigenvalue weighted by Gasteiger charge is -2.22. The standard InChI is InChI=1S/C24H30N2O4/c1-17(2)18-8-10-19(11-9-18)25-23(27)14-15-26(20-12-13-20)24(28)16-30-22-7-5-4-6-21(22)29-3/h4-11,17,20H,12-16H2,1-3H3,(H,25,27). The van der Waals surface area contributed by atoms with Crippen molar-refractivity contribution in [2.75, 3.05) is 25.6 Å². The number of carbonyl (C=O) groups excluding carboxylic acids is 2. The van der Waals surface area contributed by atoms with Crippen molar-refractivity contribution in [1.29, 1.82) is 0 Å². The molecule has 2 amide bonds. The van der Waals surface area contributed by atoms with Gasteiger partial charge in [0, 0.05) is 24.7 Å². The zero-order valence-electron chi connectivity index (χ0n) is 17.9. The highest BCUT2D eigenvalue weighted by Crippen LogP contribution is 2.29. The lowest BCUT2D eigenvalue weighted by atomic mass is 10.0. The molecule has 2 aromatic rings. The summed E-state index contributed by atoms with van der Waals surface area (Å²) in [5.41, 5.74) is 2.00. The molecule has 0 heterocycles. The Morgan fingerprint density at radius 3 is 2.33 bits per heavy atom. The van der Waals surface area contributed by atoms with Gasteiger partial charge in [-0.25, -0.2) is 0 Å². The largest absolute Gasteiger partial charge is 0.493 e. The average Bonchev–Trinajstić information content (AvgIpc) is 3.58. The first-order valence-electron chi connectivity index (χ1n) is 10.4. The van der Waals surface area contributed by atoms with Crippen LogP contribution in [0.1, 0.15) is 44.6 Å². The van der Waals surface area contributed by atoms with E-state index in [1.54, 1.807) is 24.1 Å². The number of ether oxygens (including phenoxy) is 2. The Morgan fingerprint density at radius 1 is 1.07 bits per heavy atom. The van der Waals surface area contributed by atoms with Crippen LogP contribution >= 0.6 is 0 Å². The minimum absolute atomic E-state index is 0.0742. The number of rotatable bonds is 10. The lowest BCUT2D eigenvalue weighted by Crippen LogP contribution is -2.38. The third-order valence-electron chi connectivity index (χ3n) is 5.17. The summed E-state index contributed by atoms with van der Waals surface area (Å²) in [6.45, 7) is 4.58. The van der Waals surface area contributed by atoms with E-state index < -0.39 is 0 Å². The summed E-state index contributed by atoms with van der Waals surface area (Å²) >= 11 is 0. The van der Waals surface area contributed by atoms with E-state index in [2.05, 4.69) is 19.2 Å². The number of carbonyl (C=O) groups is 2. The quantitative estimate of drug-likeness (QED) is 0.637. The van der Waals surface area contributed by atoms with E-state index in [0.29, 0.717) is 24.0 Å². The molecule has 0 bridgehead atoms. The van der Waals surface area contributed by atoms with Gasteiger partial charge in [0.2, 0.25) is 5.91 Å². The van der Waals surface area contributed by atoms with Crippen molar-refractivity contribution in [1.82, 2.24) is 4.90 Å². The fraction of sp³-hybridized carbons (Fsp3) is 0.417. The molecule has 6 nitrogen and oxygen atoms in total. The zero-order chi connectivity index (χ0) is 21.5. The first-order valence-corrected chi connectivity index (χ1v) is 10.4. The Morgan fingerprint density at radius 2 is 1.73 bits per heavy atom. The van der Waals surface area contributed by atoms with E-state index in [4.69, 9.17) is 9.47 Å². The molecule has 3 rings (SSSR count). The van der Waals surface area contributed by atoms with Gasteiger partial charge in [0.1, 0.15) is 0 Å². The van der Waals surface area contributed by atoms with Crippen LogP contribution in [-0.4, -0.2) is 43.0 Å². The van der Waals surface area contributed by atoms with Crippen LogP contribution < -0.4 is 14.8 Å². The summed E-state index contributed by atoms with van der Waals surface area (Å²) in [6.07, 6.45) is 2.19.